The monoisotopic (exact) mass is 469 g/mol. The number of carbonyl (C=O) groups excluding carboxylic acids is 1. The first kappa shape index (κ1) is 18.7. The topological polar surface area (TPSA) is 72.9 Å². The molecule has 26 heavy (non-hydrogen) atoms. The molecule has 0 unspecified atom stereocenters. The maximum Gasteiger partial charge on any atom is 0.256 e. The molecule has 0 radical (unpaired) electrons. The average molecular weight is 469 g/mol. The molecule has 1 aliphatic heterocycles. The van der Waals surface area contributed by atoms with Crippen LogP contribution in [-0.2, 0) is 4.74 Å². The molecular formula is C18H20IN3O4. The minimum absolute atomic E-state index is 0.226. The molecule has 1 fully saturated rings. The van der Waals surface area contributed by atoms with E-state index in [1.165, 1.54) is 0 Å². The van der Waals surface area contributed by atoms with Crippen LogP contribution < -0.4 is 19.7 Å². The number of morpholine rings is 1. The standard InChI is InChI=1S/C18H20IN3O4/c1-24-15-9-13(14(19)10-16(15)25-2)18(23)21-12-3-4-17(20-11-12)22-5-7-26-8-6-22/h3-4,9-11H,5-8H2,1-2H3,(H,21,23). The molecule has 0 bridgehead atoms. The molecule has 1 amide bonds. The van der Waals surface area contributed by atoms with Crippen molar-refractivity contribution < 1.29 is 19.0 Å². The van der Waals surface area contributed by atoms with Gasteiger partial charge in [0.25, 0.3) is 5.91 Å². The molecule has 1 aromatic heterocycles. The molecule has 1 aromatic carbocycles. The average Bonchev–Trinajstić information content (AvgIpc) is 2.68. The van der Waals surface area contributed by atoms with Crippen LogP contribution in [0.5, 0.6) is 11.5 Å². The summed E-state index contributed by atoms with van der Waals surface area (Å²) < 4.78 is 16.7. The summed E-state index contributed by atoms with van der Waals surface area (Å²) >= 11 is 2.10. The second kappa shape index (κ2) is 8.54. The fraction of sp³-hybridized carbons (Fsp3) is 0.333. The van der Waals surface area contributed by atoms with Gasteiger partial charge in [-0.1, -0.05) is 0 Å². The fourth-order valence-corrected chi connectivity index (χ4v) is 3.35. The third-order valence-corrected chi connectivity index (χ3v) is 4.95. The van der Waals surface area contributed by atoms with Gasteiger partial charge in [0, 0.05) is 16.7 Å². The molecule has 1 aliphatic rings. The van der Waals surface area contributed by atoms with E-state index in [2.05, 4.69) is 37.8 Å². The molecule has 3 rings (SSSR count). The summed E-state index contributed by atoms with van der Waals surface area (Å²) in [5, 5.41) is 2.87. The molecule has 0 aliphatic carbocycles. The van der Waals surface area contributed by atoms with Crippen LogP contribution in [0.1, 0.15) is 10.4 Å². The lowest BCUT2D eigenvalue weighted by Gasteiger charge is -2.27. The summed E-state index contributed by atoms with van der Waals surface area (Å²) in [7, 11) is 3.11. The molecule has 138 valence electrons. The van der Waals surface area contributed by atoms with Crippen molar-refractivity contribution >= 4 is 40.0 Å². The number of pyridine rings is 1. The minimum Gasteiger partial charge on any atom is -0.493 e. The van der Waals surface area contributed by atoms with Gasteiger partial charge in [-0.05, 0) is 46.9 Å². The van der Waals surface area contributed by atoms with Crippen LogP contribution >= 0.6 is 22.6 Å². The predicted octanol–water partition coefficient (Wildman–Crippen LogP) is 2.79. The van der Waals surface area contributed by atoms with Crippen molar-refractivity contribution in [1.82, 2.24) is 4.98 Å². The number of nitrogens with zero attached hydrogens (tertiary/aromatic N) is 2. The quantitative estimate of drug-likeness (QED) is 0.680. The largest absolute Gasteiger partial charge is 0.493 e. The maximum absolute atomic E-state index is 12.6. The first-order valence-corrected chi connectivity index (χ1v) is 9.22. The summed E-state index contributed by atoms with van der Waals surface area (Å²) in [6.07, 6.45) is 1.66. The zero-order valence-corrected chi connectivity index (χ0v) is 16.8. The number of benzene rings is 1. The number of rotatable bonds is 5. The van der Waals surface area contributed by atoms with E-state index in [-0.39, 0.29) is 5.91 Å². The van der Waals surface area contributed by atoms with Gasteiger partial charge in [0.15, 0.2) is 11.5 Å². The molecule has 0 spiro atoms. The summed E-state index contributed by atoms with van der Waals surface area (Å²) in [4.78, 5) is 19.2. The SMILES string of the molecule is COc1cc(I)c(C(=O)Nc2ccc(N3CCOCC3)nc2)cc1OC. The van der Waals surface area contributed by atoms with Crippen LogP contribution in [0.15, 0.2) is 30.5 Å². The van der Waals surface area contributed by atoms with Gasteiger partial charge in [-0.3, -0.25) is 4.79 Å². The molecule has 8 heteroatoms. The van der Waals surface area contributed by atoms with Crippen molar-refractivity contribution in [3.05, 3.63) is 39.6 Å². The number of methoxy groups -OCH3 is 2. The van der Waals surface area contributed by atoms with Crippen molar-refractivity contribution in [2.45, 2.75) is 0 Å². The summed E-state index contributed by atoms with van der Waals surface area (Å²) in [5.41, 5.74) is 1.15. The van der Waals surface area contributed by atoms with E-state index in [1.54, 1.807) is 32.5 Å². The molecule has 7 nitrogen and oxygen atoms in total. The van der Waals surface area contributed by atoms with Crippen molar-refractivity contribution in [3.63, 3.8) is 0 Å². The third kappa shape index (κ3) is 4.18. The van der Waals surface area contributed by atoms with Crippen LogP contribution in [0.25, 0.3) is 0 Å². The van der Waals surface area contributed by atoms with Crippen molar-refractivity contribution in [2.75, 3.05) is 50.7 Å². The Morgan fingerprint density at radius 2 is 1.88 bits per heavy atom. The van der Waals surface area contributed by atoms with Crippen LogP contribution in [-0.4, -0.2) is 51.4 Å². The molecule has 1 saturated heterocycles. The van der Waals surface area contributed by atoms with Crippen LogP contribution in [0.4, 0.5) is 11.5 Å². The summed E-state index contributed by atoms with van der Waals surface area (Å²) in [5.74, 6) is 1.76. The number of hydrogen-bond donors (Lipinski definition) is 1. The molecule has 1 N–H and O–H groups in total. The second-order valence-corrected chi connectivity index (χ2v) is 6.81. The lowest BCUT2D eigenvalue weighted by molar-refractivity contribution is 0.102. The highest BCUT2D eigenvalue weighted by molar-refractivity contribution is 14.1. The van der Waals surface area contributed by atoms with Gasteiger partial charge in [0.05, 0.1) is 44.9 Å². The van der Waals surface area contributed by atoms with Crippen molar-refractivity contribution in [3.8, 4) is 11.5 Å². The van der Waals surface area contributed by atoms with E-state index in [0.29, 0.717) is 36.0 Å². The summed E-state index contributed by atoms with van der Waals surface area (Å²) in [6.45, 7) is 3.06. The van der Waals surface area contributed by atoms with E-state index < -0.39 is 0 Å². The van der Waals surface area contributed by atoms with Gasteiger partial charge in [-0.2, -0.15) is 0 Å². The summed E-state index contributed by atoms with van der Waals surface area (Å²) in [6, 6.07) is 7.20. The van der Waals surface area contributed by atoms with Gasteiger partial charge in [0.2, 0.25) is 0 Å². The molecule has 0 atom stereocenters. The van der Waals surface area contributed by atoms with Gasteiger partial charge in [0.1, 0.15) is 5.82 Å². The smallest absolute Gasteiger partial charge is 0.256 e. The highest BCUT2D eigenvalue weighted by Crippen LogP contribution is 2.31. The van der Waals surface area contributed by atoms with E-state index in [4.69, 9.17) is 14.2 Å². The second-order valence-electron chi connectivity index (χ2n) is 5.65. The Balaban J connectivity index is 1.73. The number of amides is 1. The Morgan fingerprint density at radius 3 is 2.50 bits per heavy atom. The maximum atomic E-state index is 12.6. The highest BCUT2D eigenvalue weighted by atomic mass is 127. The first-order valence-electron chi connectivity index (χ1n) is 8.14. The Bertz CT molecular complexity index is 777. The van der Waals surface area contributed by atoms with Crippen LogP contribution in [0.2, 0.25) is 0 Å². The van der Waals surface area contributed by atoms with E-state index >= 15 is 0 Å². The zero-order chi connectivity index (χ0) is 18.5. The van der Waals surface area contributed by atoms with E-state index in [9.17, 15) is 4.79 Å². The van der Waals surface area contributed by atoms with E-state index in [1.807, 2.05) is 12.1 Å². The Morgan fingerprint density at radius 1 is 1.19 bits per heavy atom. The van der Waals surface area contributed by atoms with Crippen molar-refractivity contribution in [2.24, 2.45) is 0 Å². The Hall–Kier alpha value is -2.07. The normalized spacial score (nSPS) is 14.0. The highest BCUT2D eigenvalue weighted by Gasteiger charge is 2.16. The molecule has 0 saturated carbocycles. The first-order chi connectivity index (χ1) is 12.6. The van der Waals surface area contributed by atoms with Gasteiger partial charge >= 0.3 is 0 Å². The molecule has 2 aromatic rings. The molecule has 2 heterocycles. The third-order valence-electron chi connectivity index (χ3n) is 4.06. The van der Waals surface area contributed by atoms with Crippen LogP contribution in [0.3, 0.4) is 0 Å². The molecular weight excluding hydrogens is 449 g/mol. The Labute approximate surface area is 165 Å². The lowest BCUT2D eigenvalue weighted by atomic mass is 10.2. The van der Waals surface area contributed by atoms with Crippen molar-refractivity contribution in [1.29, 1.82) is 0 Å². The van der Waals surface area contributed by atoms with Gasteiger partial charge in [-0.25, -0.2) is 4.98 Å². The number of aromatic nitrogens is 1. The zero-order valence-electron chi connectivity index (χ0n) is 14.6. The van der Waals surface area contributed by atoms with E-state index in [0.717, 1.165) is 22.5 Å². The Kier molecular flexibility index (Phi) is 6.15. The number of nitrogens with one attached hydrogen (secondary N) is 1. The number of carbonyl (C=O) groups is 1. The van der Waals surface area contributed by atoms with Gasteiger partial charge in [-0.15, -0.1) is 0 Å². The number of ether oxygens (including phenoxy) is 3. The number of halogens is 1. The predicted molar refractivity (Wildman–Crippen MR) is 107 cm³/mol. The van der Waals surface area contributed by atoms with Crippen LogP contribution in [0, 0.1) is 3.57 Å². The number of hydrogen-bond acceptors (Lipinski definition) is 6. The fourth-order valence-electron chi connectivity index (χ4n) is 2.67. The van der Waals surface area contributed by atoms with Gasteiger partial charge < -0.3 is 24.4 Å². The number of anilines is 2. The lowest BCUT2D eigenvalue weighted by Crippen LogP contribution is -2.36. The minimum atomic E-state index is -0.226.